The number of aromatic hydroxyl groups is 1. The Bertz CT molecular complexity index is 3220. The Labute approximate surface area is 362 Å². The van der Waals surface area contributed by atoms with E-state index in [2.05, 4.69) is 4.98 Å². The molecule has 0 unspecified atom stereocenters. The minimum atomic E-state index is -0.782. The summed E-state index contributed by atoms with van der Waals surface area (Å²) in [6.07, 6.45) is 0. The Balaban J connectivity index is 1.13. The third kappa shape index (κ3) is 7.87. The summed E-state index contributed by atoms with van der Waals surface area (Å²) in [7, 11) is 3.31. The smallest absolute Gasteiger partial charge is 0.343 e. The number of aryl methyl sites for hydroxylation is 3. The summed E-state index contributed by atoms with van der Waals surface area (Å²) >= 11 is 0. The molecule has 13 nitrogen and oxygen atoms in total. The van der Waals surface area contributed by atoms with Crippen molar-refractivity contribution in [3.8, 4) is 17.2 Å². The van der Waals surface area contributed by atoms with Gasteiger partial charge >= 0.3 is 11.9 Å². The monoisotopic (exact) mass is 837 g/mol. The van der Waals surface area contributed by atoms with E-state index in [-0.39, 0.29) is 34.3 Å². The number of phenolic OH excluding ortho intramolecular Hbond substituents is 1. The number of carbonyl (C=O) groups excluding carboxylic acids is 3. The number of phenols is 1. The van der Waals surface area contributed by atoms with E-state index in [4.69, 9.17) is 19.4 Å². The van der Waals surface area contributed by atoms with Crippen LogP contribution in [-0.2, 0) is 19.6 Å². The molecule has 3 aromatic heterocycles. The van der Waals surface area contributed by atoms with Crippen molar-refractivity contribution in [1.82, 2.24) is 33.6 Å². The van der Waals surface area contributed by atoms with Crippen molar-refractivity contribution in [2.75, 3.05) is 14.1 Å². The molecule has 1 N–H and O–H groups in total. The molecule has 9 aromatic rings. The molecule has 0 saturated heterocycles. The molecule has 0 atom stereocenters. The fraction of sp³-hybridized carbons (Fsp3) is 0.160. The number of rotatable bonds is 11. The van der Waals surface area contributed by atoms with E-state index < -0.39 is 11.9 Å². The van der Waals surface area contributed by atoms with E-state index in [1.165, 1.54) is 23.1 Å². The van der Waals surface area contributed by atoms with Gasteiger partial charge < -0.3 is 33.2 Å². The average Bonchev–Trinajstić information content (AvgIpc) is 3.90. The summed E-state index contributed by atoms with van der Waals surface area (Å²) in [6.45, 7) is 6.91. The van der Waals surface area contributed by atoms with Crippen LogP contribution >= 0.6 is 0 Å². The summed E-state index contributed by atoms with van der Waals surface area (Å²) in [4.78, 5) is 57.8. The number of fused-ring (bicyclic) bond motifs is 3. The lowest BCUT2D eigenvalue weighted by molar-refractivity contribution is 0.0717. The zero-order chi connectivity index (χ0) is 43.9. The summed E-state index contributed by atoms with van der Waals surface area (Å²) in [6, 6.07) is 38.8. The van der Waals surface area contributed by atoms with E-state index in [9.17, 15) is 19.5 Å². The predicted octanol–water partition coefficient (Wildman–Crippen LogP) is 8.65. The summed E-state index contributed by atoms with van der Waals surface area (Å²) in [5.41, 5.74) is 6.29. The lowest BCUT2D eigenvalue weighted by Gasteiger charge is -2.14. The van der Waals surface area contributed by atoms with Crippen molar-refractivity contribution < 1.29 is 29.0 Å². The Morgan fingerprint density at radius 3 is 1.27 bits per heavy atom. The van der Waals surface area contributed by atoms with Gasteiger partial charge in [0.05, 0.1) is 27.7 Å². The molecule has 0 fully saturated rings. The number of hydrogen-bond acceptors (Lipinski definition) is 9. The highest BCUT2D eigenvalue weighted by Crippen LogP contribution is 2.34. The van der Waals surface area contributed by atoms with E-state index in [1.54, 1.807) is 32.3 Å². The zero-order valence-corrected chi connectivity index (χ0v) is 35.4. The van der Waals surface area contributed by atoms with Crippen LogP contribution in [0.1, 0.15) is 65.2 Å². The Morgan fingerprint density at radius 1 is 0.508 bits per heavy atom. The van der Waals surface area contributed by atoms with Crippen LogP contribution in [0.4, 0.5) is 0 Å². The van der Waals surface area contributed by atoms with Gasteiger partial charge in [-0.25, -0.2) is 24.5 Å². The molecule has 0 spiro atoms. The predicted molar refractivity (Wildman–Crippen MR) is 240 cm³/mol. The number of nitrogens with zero attached hydrogens (tertiary/aromatic N) is 7. The Kier molecular flexibility index (Phi) is 10.5. The fourth-order valence-electron chi connectivity index (χ4n) is 7.92. The molecular formula is C50H43N7O6. The fourth-order valence-corrected chi connectivity index (χ4v) is 7.92. The number of carbonyl (C=O) groups is 3. The molecule has 6 aromatic carbocycles. The van der Waals surface area contributed by atoms with Crippen molar-refractivity contribution >= 4 is 50.9 Å². The van der Waals surface area contributed by atoms with Crippen LogP contribution < -0.4 is 9.47 Å². The maximum Gasteiger partial charge on any atom is 0.343 e. The van der Waals surface area contributed by atoms with E-state index >= 15 is 0 Å². The maximum atomic E-state index is 14.5. The first-order valence-corrected chi connectivity index (χ1v) is 20.4. The second-order valence-electron chi connectivity index (χ2n) is 15.7. The molecule has 0 aliphatic carbocycles. The first-order valence-electron chi connectivity index (χ1n) is 20.4. The van der Waals surface area contributed by atoms with Crippen LogP contribution in [0.3, 0.4) is 0 Å². The first-order chi connectivity index (χ1) is 30.4. The molecular weight excluding hydrogens is 795 g/mol. The highest BCUT2D eigenvalue weighted by Gasteiger charge is 2.25. The van der Waals surface area contributed by atoms with Crippen LogP contribution in [0.25, 0.3) is 33.1 Å². The van der Waals surface area contributed by atoms with Gasteiger partial charge in [0.1, 0.15) is 39.8 Å². The van der Waals surface area contributed by atoms with Crippen LogP contribution in [0.2, 0.25) is 0 Å². The van der Waals surface area contributed by atoms with Gasteiger partial charge in [0.15, 0.2) is 11.5 Å². The van der Waals surface area contributed by atoms with Crippen molar-refractivity contribution in [1.29, 1.82) is 0 Å². The van der Waals surface area contributed by atoms with Gasteiger partial charge in [0, 0.05) is 39.3 Å². The topological polar surface area (TPSA) is 147 Å². The molecule has 0 bridgehead atoms. The average molecular weight is 838 g/mol. The number of esters is 2. The van der Waals surface area contributed by atoms with Gasteiger partial charge in [0.2, 0.25) is 0 Å². The SMILES string of the molecule is Cc1nc2c(O)cc(C(=O)Oc3cc(C(=O)Oc4cc(C(=O)N(C)C)cc5c4nc(C)n5Cc4ccccc4)cc4c3nc(C)n4Cc3ccccc3)cc2n1Cc1ccccc1. The molecule has 3 heterocycles. The Morgan fingerprint density at radius 2 is 0.857 bits per heavy atom. The molecule has 9 rings (SSSR count). The largest absolute Gasteiger partial charge is 0.506 e. The van der Waals surface area contributed by atoms with E-state index in [0.29, 0.717) is 75.8 Å². The number of amides is 1. The van der Waals surface area contributed by atoms with E-state index in [0.717, 1.165) is 16.7 Å². The van der Waals surface area contributed by atoms with Crippen LogP contribution in [0, 0.1) is 20.8 Å². The van der Waals surface area contributed by atoms with Crippen molar-refractivity contribution in [2.24, 2.45) is 0 Å². The van der Waals surface area contributed by atoms with Gasteiger partial charge in [0.25, 0.3) is 5.91 Å². The standard InChI is InChI=1S/C50H43N7O6/c1-30-51-45-39(55(30)27-33-15-9-6-10-16-33)22-37(24-42(45)58)49(60)63-44-26-38(23-41-47(44)53-32(3)57(41)29-35-19-13-8-14-20-35)50(61)62-43-25-36(48(59)54(4)5)21-40-46(43)52-31(2)56(40)28-34-17-11-7-12-18-34/h6-26,58H,27-29H2,1-5H3. The van der Waals surface area contributed by atoms with Crippen LogP contribution in [-0.4, -0.2) is 70.6 Å². The minimum absolute atomic E-state index is 0.0117. The highest BCUT2D eigenvalue weighted by atomic mass is 16.5. The van der Waals surface area contributed by atoms with Crippen molar-refractivity contribution in [2.45, 2.75) is 40.4 Å². The Hall–Kier alpha value is -8.06. The second-order valence-corrected chi connectivity index (χ2v) is 15.7. The van der Waals surface area contributed by atoms with Crippen molar-refractivity contribution in [3.05, 3.63) is 178 Å². The van der Waals surface area contributed by atoms with Crippen LogP contribution in [0.15, 0.2) is 127 Å². The lowest BCUT2D eigenvalue weighted by Crippen LogP contribution is -2.22. The lowest BCUT2D eigenvalue weighted by atomic mass is 10.1. The van der Waals surface area contributed by atoms with Crippen molar-refractivity contribution in [3.63, 3.8) is 0 Å². The summed E-state index contributed by atoms with van der Waals surface area (Å²) < 4.78 is 18.2. The number of aromatic nitrogens is 6. The third-order valence-corrected chi connectivity index (χ3v) is 11.1. The first kappa shape index (κ1) is 40.4. The van der Waals surface area contributed by atoms with Gasteiger partial charge in [-0.15, -0.1) is 0 Å². The second kappa shape index (κ2) is 16.4. The molecule has 0 aliphatic heterocycles. The van der Waals surface area contributed by atoms with Crippen LogP contribution in [0.5, 0.6) is 17.2 Å². The molecule has 0 saturated carbocycles. The number of benzene rings is 6. The number of hydrogen-bond donors (Lipinski definition) is 1. The highest BCUT2D eigenvalue weighted by molar-refractivity contribution is 6.03. The normalized spacial score (nSPS) is 11.4. The van der Waals surface area contributed by atoms with Gasteiger partial charge in [-0.3, -0.25) is 4.79 Å². The quantitative estimate of drug-likeness (QED) is 0.0999. The minimum Gasteiger partial charge on any atom is -0.506 e. The molecule has 314 valence electrons. The van der Waals surface area contributed by atoms with Gasteiger partial charge in [-0.1, -0.05) is 91.0 Å². The maximum absolute atomic E-state index is 14.5. The molecule has 13 heteroatoms. The molecule has 1 amide bonds. The van der Waals surface area contributed by atoms with Gasteiger partial charge in [-0.2, -0.15) is 0 Å². The number of imidazole rings is 3. The summed E-state index contributed by atoms with van der Waals surface area (Å²) in [5, 5.41) is 11.1. The summed E-state index contributed by atoms with van der Waals surface area (Å²) in [5.74, 6) is 0.0366. The molecule has 63 heavy (non-hydrogen) atoms. The molecule has 0 radical (unpaired) electrons. The number of ether oxygens (including phenoxy) is 2. The molecule has 0 aliphatic rings. The zero-order valence-electron chi connectivity index (χ0n) is 35.4. The van der Waals surface area contributed by atoms with Gasteiger partial charge in [-0.05, 0) is 73.9 Å². The third-order valence-electron chi connectivity index (χ3n) is 11.1. The van der Waals surface area contributed by atoms with E-state index in [1.807, 2.05) is 125 Å².